The minimum Gasteiger partial charge on any atom is -0.507 e. The lowest BCUT2D eigenvalue weighted by atomic mass is 10.00. The largest absolute Gasteiger partial charge is 0.507 e. The molecule has 0 amide bonds. The summed E-state index contributed by atoms with van der Waals surface area (Å²) in [6, 6.07) is 12.3. The number of benzene rings is 2. The molecule has 0 aromatic heterocycles. The maximum atomic E-state index is 10.4. The van der Waals surface area contributed by atoms with Crippen LogP contribution in [-0.2, 0) is 6.42 Å². The number of aromatic hydroxyl groups is 1. The van der Waals surface area contributed by atoms with Gasteiger partial charge in [-0.3, -0.25) is 0 Å². The number of hydrogen-bond donors (Lipinski definition) is 1. The van der Waals surface area contributed by atoms with E-state index >= 15 is 0 Å². The van der Waals surface area contributed by atoms with Crippen LogP contribution >= 0.6 is 0 Å². The normalized spacial score (nSPS) is 11.1. The first-order valence-electron chi connectivity index (χ1n) is 9.02. The molecule has 0 spiro atoms. The zero-order valence-corrected chi connectivity index (χ0v) is 14.0. The molecule has 0 fully saturated rings. The van der Waals surface area contributed by atoms with Gasteiger partial charge in [-0.25, -0.2) is 0 Å². The van der Waals surface area contributed by atoms with Gasteiger partial charge in [-0.15, -0.1) is 0 Å². The molecule has 0 saturated carbocycles. The Kier molecular flexibility index (Phi) is 7.28. The maximum Gasteiger partial charge on any atom is 0.126 e. The summed E-state index contributed by atoms with van der Waals surface area (Å²) in [6.07, 6.45) is 13.1. The van der Waals surface area contributed by atoms with E-state index < -0.39 is 0 Å². The number of phenols is 1. The fraction of sp³-hybridized carbons (Fsp3) is 0.524. The zero-order chi connectivity index (χ0) is 15.6. The first kappa shape index (κ1) is 16.9. The van der Waals surface area contributed by atoms with E-state index in [1.807, 2.05) is 18.2 Å². The molecule has 0 bridgehead atoms. The summed E-state index contributed by atoms with van der Waals surface area (Å²) in [5.41, 5.74) is 1.10. The van der Waals surface area contributed by atoms with E-state index in [1.54, 1.807) is 0 Å². The molecule has 1 heteroatoms. The summed E-state index contributed by atoms with van der Waals surface area (Å²) >= 11 is 0. The molecule has 22 heavy (non-hydrogen) atoms. The van der Waals surface area contributed by atoms with Crippen molar-refractivity contribution in [2.45, 2.75) is 71.1 Å². The van der Waals surface area contributed by atoms with E-state index in [9.17, 15) is 5.11 Å². The van der Waals surface area contributed by atoms with E-state index in [4.69, 9.17) is 0 Å². The predicted molar refractivity (Wildman–Crippen MR) is 96.5 cm³/mol. The van der Waals surface area contributed by atoms with Crippen LogP contribution in [0, 0.1) is 0 Å². The van der Waals surface area contributed by atoms with Crippen molar-refractivity contribution >= 4 is 10.8 Å². The van der Waals surface area contributed by atoms with Crippen LogP contribution in [0.25, 0.3) is 10.8 Å². The second kappa shape index (κ2) is 9.50. The Morgan fingerprint density at radius 3 is 2.09 bits per heavy atom. The van der Waals surface area contributed by atoms with Crippen LogP contribution in [0.1, 0.15) is 70.3 Å². The van der Waals surface area contributed by atoms with Gasteiger partial charge in [0.2, 0.25) is 0 Å². The monoisotopic (exact) mass is 298 g/mol. The molecule has 0 aliphatic carbocycles. The Balaban J connectivity index is 1.68. The van der Waals surface area contributed by atoms with Crippen LogP contribution in [0.2, 0.25) is 0 Å². The predicted octanol–water partition coefficient (Wildman–Crippen LogP) is 6.62. The molecule has 0 aliphatic heterocycles. The molecular formula is C21H30O. The van der Waals surface area contributed by atoms with Gasteiger partial charge < -0.3 is 5.11 Å². The van der Waals surface area contributed by atoms with Crippen molar-refractivity contribution in [2.75, 3.05) is 0 Å². The molecule has 0 aliphatic rings. The highest BCUT2D eigenvalue weighted by molar-refractivity contribution is 5.89. The Morgan fingerprint density at radius 2 is 1.36 bits per heavy atom. The van der Waals surface area contributed by atoms with Gasteiger partial charge in [-0.1, -0.05) is 94.7 Å². The lowest BCUT2D eigenvalue weighted by Crippen LogP contribution is -1.88. The molecule has 120 valence electrons. The summed E-state index contributed by atoms with van der Waals surface area (Å²) in [5, 5.41) is 12.5. The molecular weight excluding hydrogens is 268 g/mol. The summed E-state index contributed by atoms with van der Waals surface area (Å²) in [5.74, 6) is 0.484. The molecule has 0 unspecified atom stereocenters. The van der Waals surface area contributed by atoms with Crippen LogP contribution in [0.4, 0.5) is 0 Å². The molecule has 1 N–H and O–H groups in total. The van der Waals surface area contributed by atoms with Gasteiger partial charge >= 0.3 is 0 Å². The highest BCUT2D eigenvalue weighted by Gasteiger charge is 2.05. The molecule has 0 saturated heterocycles. The highest BCUT2D eigenvalue weighted by atomic mass is 16.3. The third-order valence-electron chi connectivity index (χ3n) is 4.53. The fourth-order valence-electron chi connectivity index (χ4n) is 3.13. The fourth-order valence-corrected chi connectivity index (χ4v) is 3.13. The maximum absolute atomic E-state index is 10.4. The second-order valence-electron chi connectivity index (χ2n) is 6.37. The Morgan fingerprint density at radius 1 is 0.727 bits per heavy atom. The van der Waals surface area contributed by atoms with Gasteiger partial charge in [0.25, 0.3) is 0 Å². The quantitative estimate of drug-likeness (QED) is 0.489. The summed E-state index contributed by atoms with van der Waals surface area (Å²) in [4.78, 5) is 0. The van der Waals surface area contributed by atoms with Crippen molar-refractivity contribution in [1.29, 1.82) is 0 Å². The average molecular weight is 298 g/mol. The van der Waals surface area contributed by atoms with Crippen molar-refractivity contribution in [1.82, 2.24) is 0 Å². The minimum absolute atomic E-state index is 0.484. The van der Waals surface area contributed by atoms with E-state index in [0.29, 0.717) is 5.75 Å². The van der Waals surface area contributed by atoms with E-state index in [1.165, 1.54) is 57.8 Å². The molecule has 2 aromatic carbocycles. The minimum atomic E-state index is 0.484. The molecule has 1 nitrogen and oxygen atoms in total. The number of phenolic OH excluding ortho intramolecular Hbond substituents is 1. The van der Waals surface area contributed by atoms with Gasteiger partial charge in [0.1, 0.15) is 5.75 Å². The van der Waals surface area contributed by atoms with Crippen LogP contribution < -0.4 is 0 Å². The zero-order valence-electron chi connectivity index (χ0n) is 14.0. The summed E-state index contributed by atoms with van der Waals surface area (Å²) in [7, 11) is 0. The van der Waals surface area contributed by atoms with Crippen LogP contribution in [0.3, 0.4) is 0 Å². The lowest BCUT2D eigenvalue weighted by molar-refractivity contribution is 0.472. The SMILES string of the molecule is CCCCCCCCCCCc1ccc2ccccc2c1O. The highest BCUT2D eigenvalue weighted by Crippen LogP contribution is 2.29. The first-order valence-corrected chi connectivity index (χ1v) is 9.02. The number of unbranched alkanes of at least 4 members (excludes halogenated alkanes) is 8. The van der Waals surface area contributed by atoms with Gasteiger partial charge in [0, 0.05) is 5.39 Å². The number of aryl methyl sites for hydroxylation is 1. The third kappa shape index (κ3) is 5.05. The van der Waals surface area contributed by atoms with E-state index in [0.717, 1.165) is 22.8 Å². The molecule has 0 radical (unpaired) electrons. The second-order valence-corrected chi connectivity index (χ2v) is 6.37. The topological polar surface area (TPSA) is 20.2 Å². The van der Waals surface area contributed by atoms with Crippen LogP contribution in [-0.4, -0.2) is 5.11 Å². The molecule has 0 atom stereocenters. The standard InChI is InChI=1S/C21H30O/c1-2-3-4-5-6-7-8-9-10-14-19-17-16-18-13-11-12-15-20(18)21(19)22/h11-13,15-17,22H,2-10,14H2,1H3. The summed E-state index contributed by atoms with van der Waals surface area (Å²) in [6.45, 7) is 2.27. The molecule has 2 rings (SSSR count). The Hall–Kier alpha value is -1.50. The smallest absolute Gasteiger partial charge is 0.126 e. The number of rotatable bonds is 10. The van der Waals surface area contributed by atoms with Crippen LogP contribution in [0.5, 0.6) is 5.75 Å². The van der Waals surface area contributed by atoms with Gasteiger partial charge in [0.05, 0.1) is 0 Å². The molecule has 2 aromatic rings. The van der Waals surface area contributed by atoms with Gasteiger partial charge in [-0.2, -0.15) is 0 Å². The van der Waals surface area contributed by atoms with Crippen LogP contribution in [0.15, 0.2) is 36.4 Å². The number of hydrogen-bond acceptors (Lipinski definition) is 1. The van der Waals surface area contributed by atoms with E-state index in [-0.39, 0.29) is 0 Å². The van der Waals surface area contributed by atoms with Crippen molar-refractivity contribution < 1.29 is 5.11 Å². The van der Waals surface area contributed by atoms with Crippen molar-refractivity contribution in [2.24, 2.45) is 0 Å². The third-order valence-corrected chi connectivity index (χ3v) is 4.53. The Labute approximate surface area is 135 Å². The van der Waals surface area contributed by atoms with Crippen molar-refractivity contribution in [3.05, 3.63) is 42.0 Å². The van der Waals surface area contributed by atoms with Crippen molar-refractivity contribution in [3.8, 4) is 5.75 Å². The van der Waals surface area contributed by atoms with E-state index in [2.05, 4.69) is 25.1 Å². The average Bonchev–Trinajstić information content (AvgIpc) is 2.55. The molecule has 0 heterocycles. The summed E-state index contributed by atoms with van der Waals surface area (Å²) < 4.78 is 0. The van der Waals surface area contributed by atoms with Crippen molar-refractivity contribution in [3.63, 3.8) is 0 Å². The first-order chi connectivity index (χ1) is 10.8. The lowest BCUT2D eigenvalue weighted by Gasteiger charge is -2.08. The number of fused-ring (bicyclic) bond motifs is 1. The Bertz CT molecular complexity index is 559. The van der Waals surface area contributed by atoms with Gasteiger partial charge in [0.15, 0.2) is 0 Å². The van der Waals surface area contributed by atoms with Gasteiger partial charge in [-0.05, 0) is 23.8 Å².